The molecule has 0 saturated carbocycles. The molecule has 4 heteroatoms. The van der Waals surface area contributed by atoms with Gasteiger partial charge in [-0.15, -0.1) is 5.10 Å². The molecule has 0 unspecified atom stereocenters. The van der Waals surface area contributed by atoms with Crippen LogP contribution in [0.3, 0.4) is 0 Å². The Labute approximate surface area is 41.1 Å². The number of aromatic nitrogens is 4. The van der Waals surface area contributed by atoms with Crippen LogP contribution >= 0.6 is 0 Å². The van der Waals surface area contributed by atoms with E-state index in [2.05, 4.69) is 15.5 Å². The highest BCUT2D eigenvalue weighted by Gasteiger charge is 1.80. The molecule has 0 aliphatic heterocycles. The van der Waals surface area contributed by atoms with E-state index in [4.69, 9.17) is 0 Å². The Bertz CT molecular complexity index is 121. The molecule has 1 aromatic rings. The maximum absolute atomic E-state index is 3.59. The number of rotatable bonds is 1. The van der Waals surface area contributed by atoms with Crippen molar-refractivity contribution in [2.45, 2.75) is 13.5 Å². The van der Waals surface area contributed by atoms with Crippen LogP contribution in [0.2, 0.25) is 0 Å². The lowest BCUT2D eigenvalue weighted by molar-refractivity contribution is 0.626. The highest BCUT2D eigenvalue weighted by molar-refractivity contribution is 4.40. The summed E-state index contributed by atoms with van der Waals surface area (Å²) >= 11 is 0. The van der Waals surface area contributed by atoms with Crippen LogP contribution in [0.25, 0.3) is 0 Å². The summed E-state index contributed by atoms with van der Waals surface area (Å²) in [5.74, 6) is 0. The van der Waals surface area contributed by atoms with Crippen molar-refractivity contribution in [3.8, 4) is 0 Å². The van der Waals surface area contributed by atoms with Crippen LogP contribution in [0.4, 0.5) is 0 Å². The van der Waals surface area contributed by atoms with E-state index in [0.29, 0.717) is 0 Å². The highest BCUT2D eigenvalue weighted by atomic mass is 15.5. The van der Waals surface area contributed by atoms with Crippen LogP contribution in [0.15, 0.2) is 6.33 Å². The maximum Gasteiger partial charge on any atom is 0.138 e. The molecule has 0 bridgehead atoms. The van der Waals surface area contributed by atoms with E-state index in [1.165, 1.54) is 0 Å². The van der Waals surface area contributed by atoms with Gasteiger partial charge in [0.25, 0.3) is 0 Å². The molecule has 1 heterocycles. The number of hydrogen-bond donors (Lipinski definition) is 0. The third-order valence-corrected chi connectivity index (χ3v) is 0.715. The van der Waals surface area contributed by atoms with Crippen molar-refractivity contribution in [2.24, 2.45) is 0 Å². The fraction of sp³-hybridized carbons (Fsp3) is 0.667. The Morgan fingerprint density at radius 3 is 2.86 bits per heavy atom. The van der Waals surface area contributed by atoms with Gasteiger partial charge in [0.05, 0.1) is 0 Å². The molecule has 4 nitrogen and oxygen atoms in total. The first-order chi connectivity index (χ1) is 3.43. The molecule has 7 heavy (non-hydrogen) atoms. The lowest BCUT2D eigenvalue weighted by Crippen LogP contribution is -1.93. The second-order valence-electron chi connectivity index (χ2n) is 1.17. The Kier molecular flexibility index (Phi) is 1.02. The van der Waals surface area contributed by atoms with E-state index in [0.717, 1.165) is 6.54 Å². The molecule has 0 aliphatic rings. The Morgan fingerprint density at radius 1 is 1.71 bits per heavy atom. The zero-order valence-electron chi connectivity index (χ0n) is 4.07. The summed E-state index contributed by atoms with van der Waals surface area (Å²) in [5.41, 5.74) is 0. The van der Waals surface area contributed by atoms with Crippen molar-refractivity contribution in [3.05, 3.63) is 6.33 Å². The molecule has 0 radical (unpaired) electrons. The Balaban J connectivity index is 2.76. The summed E-state index contributed by atoms with van der Waals surface area (Å²) in [4.78, 5) is 0. The molecule has 0 amide bonds. The van der Waals surface area contributed by atoms with E-state index in [9.17, 15) is 0 Å². The minimum Gasteiger partial charge on any atom is -0.233 e. The molecule has 0 aliphatic carbocycles. The minimum atomic E-state index is 0.840. The lowest BCUT2D eigenvalue weighted by atomic mass is 10.8. The topological polar surface area (TPSA) is 43.6 Å². The molecule has 38 valence electrons. The third kappa shape index (κ3) is 0.734. The number of nitrogens with zero attached hydrogens (tertiary/aromatic N) is 4. The van der Waals surface area contributed by atoms with Crippen LogP contribution < -0.4 is 0 Å². The predicted octanol–water partition coefficient (Wildman–Crippen LogP) is -0.307. The summed E-state index contributed by atoms with van der Waals surface area (Å²) < 4.78 is 1.65. The van der Waals surface area contributed by atoms with Gasteiger partial charge in [-0.1, -0.05) is 0 Å². The zero-order valence-corrected chi connectivity index (χ0v) is 4.07. The smallest absolute Gasteiger partial charge is 0.138 e. The van der Waals surface area contributed by atoms with Gasteiger partial charge in [-0.3, -0.25) is 0 Å². The van der Waals surface area contributed by atoms with Gasteiger partial charge in [0.2, 0.25) is 0 Å². The van der Waals surface area contributed by atoms with Gasteiger partial charge < -0.3 is 0 Å². The summed E-state index contributed by atoms with van der Waals surface area (Å²) in [6.45, 7) is 2.82. The van der Waals surface area contributed by atoms with Crippen LogP contribution in [0.5, 0.6) is 0 Å². The molecule has 0 atom stereocenters. The van der Waals surface area contributed by atoms with E-state index in [1.807, 2.05) is 6.92 Å². The Hall–Kier alpha value is -0.930. The monoisotopic (exact) mass is 98.1 g/mol. The van der Waals surface area contributed by atoms with E-state index in [-0.39, 0.29) is 0 Å². The summed E-state index contributed by atoms with van der Waals surface area (Å²) in [7, 11) is 0. The molecular formula is C3H6N4. The lowest BCUT2D eigenvalue weighted by Gasteiger charge is -1.83. The van der Waals surface area contributed by atoms with Crippen molar-refractivity contribution in [3.63, 3.8) is 0 Å². The van der Waals surface area contributed by atoms with Gasteiger partial charge >= 0.3 is 0 Å². The van der Waals surface area contributed by atoms with Crippen molar-refractivity contribution >= 4 is 0 Å². The average molecular weight is 98.1 g/mol. The molecular weight excluding hydrogens is 92.1 g/mol. The Morgan fingerprint density at radius 2 is 2.57 bits per heavy atom. The standard InChI is InChI=1S/C3H6N4/c1-2-7-3-4-5-6-7/h3H,2H2,1H3. The summed E-state index contributed by atoms with van der Waals surface area (Å²) in [5, 5.41) is 10.4. The first kappa shape index (κ1) is 4.23. The fourth-order valence-corrected chi connectivity index (χ4v) is 0.325. The van der Waals surface area contributed by atoms with E-state index < -0.39 is 0 Å². The summed E-state index contributed by atoms with van der Waals surface area (Å²) in [6, 6.07) is 0. The van der Waals surface area contributed by atoms with Gasteiger partial charge in [0.15, 0.2) is 0 Å². The molecule has 0 aromatic carbocycles. The van der Waals surface area contributed by atoms with Crippen LogP contribution in [-0.2, 0) is 6.54 Å². The van der Waals surface area contributed by atoms with Gasteiger partial charge in [-0.05, 0) is 17.4 Å². The fourth-order valence-electron chi connectivity index (χ4n) is 0.325. The molecule has 1 aromatic heterocycles. The van der Waals surface area contributed by atoms with Gasteiger partial charge in [-0.2, -0.15) is 0 Å². The largest absolute Gasteiger partial charge is 0.233 e. The van der Waals surface area contributed by atoms with Crippen molar-refractivity contribution in [1.82, 2.24) is 20.2 Å². The molecule has 0 saturated heterocycles. The number of hydrogen-bond acceptors (Lipinski definition) is 3. The predicted molar refractivity (Wildman–Crippen MR) is 23.5 cm³/mol. The number of aryl methyl sites for hydroxylation is 1. The highest BCUT2D eigenvalue weighted by Crippen LogP contribution is 1.70. The van der Waals surface area contributed by atoms with Crippen LogP contribution in [0.1, 0.15) is 6.92 Å². The molecule has 0 N–H and O–H groups in total. The minimum absolute atomic E-state index is 0.840. The second-order valence-corrected chi connectivity index (χ2v) is 1.17. The second kappa shape index (κ2) is 1.68. The number of tetrazole rings is 1. The van der Waals surface area contributed by atoms with Gasteiger partial charge in [0, 0.05) is 6.54 Å². The van der Waals surface area contributed by atoms with Gasteiger partial charge in [0.1, 0.15) is 6.33 Å². The van der Waals surface area contributed by atoms with E-state index >= 15 is 0 Å². The van der Waals surface area contributed by atoms with Gasteiger partial charge in [-0.25, -0.2) is 4.68 Å². The normalized spacial score (nSPS) is 9.29. The quantitative estimate of drug-likeness (QED) is 0.484. The first-order valence-corrected chi connectivity index (χ1v) is 2.14. The average Bonchev–Trinajstić information content (AvgIpc) is 2.14. The zero-order chi connectivity index (χ0) is 5.11. The van der Waals surface area contributed by atoms with Crippen molar-refractivity contribution in [1.29, 1.82) is 0 Å². The third-order valence-electron chi connectivity index (χ3n) is 0.715. The molecule has 0 fully saturated rings. The van der Waals surface area contributed by atoms with Crippen molar-refractivity contribution in [2.75, 3.05) is 0 Å². The molecule has 1 rings (SSSR count). The maximum atomic E-state index is 3.59. The molecule has 0 spiro atoms. The van der Waals surface area contributed by atoms with Crippen LogP contribution in [0, 0.1) is 0 Å². The summed E-state index contributed by atoms with van der Waals surface area (Å²) in [6.07, 6.45) is 1.58. The van der Waals surface area contributed by atoms with E-state index in [1.54, 1.807) is 11.0 Å². The SMILES string of the molecule is CCn1cnnn1. The first-order valence-electron chi connectivity index (χ1n) is 2.14. The van der Waals surface area contributed by atoms with Crippen molar-refractivity contribution < 1.29 is 0 Å². The van der Waals surface area contributed by atoms with Crippen LogP contribution in [-0.4, -0.2) is 20.2 Å².